The zero-order valence-corrected chi connectivity index (χ0v) is 17.1. The van der Waals surface area contributed by atoms with E-state index in [1.165, 1.54) is 0 Å². The summed E-state index contributed by atoms with van der Waals surface area (Å²) in [5.41, 5.74) is 1.81. The van der Waals surface area contributed by atoms with Crippen LogP contribution in [0.1, 0.15) is 31.7 Å². The van der Waals surface area contributed by atoms with E-state index in [2.05, 4.69) is 25.8 Å². The molecule has 0 aliphatic heterocycles. The quantitative estimate of drug-likeness (QED) is 0.584. The lowest BCUT2D eigenvalue weighted by Crippen LogP contribution is -2.13. The van der Waals surface area contributed by atoms with Gasteiger partial charge in [0.15, 0.2) is 0 Å². The Morgan fingerprint density at radius 2 is 1.67 bits per heavy atom. The standard InChI is InChI=1S/C20H20BrN3O2S/c21-16-10-12-17(13-11-16)23-27(25,26)19-14-24(18-8-4-5-9-18)22-20(19)15-6-2-1-3-7-15/h1-3,6-7,10-14,18,23H,4-5,8-9H2. The third kappa shape index (κ3) is 3.94. The molecule has 2 aromatic carbocycles. The number of aromatic nitrogens is 2. The molecule has 1 aliphatic rings. The van der Waals surface area contributed by atoms with Crippen molar-refractivity contribution >= 4 is 31.6 Å². The molecule has 27 heavy (non-hydrogen) atoms. The zero-order valence-electron chi connectivity index (χ0n) is 14.7. The lowest BCUT2D eigenvalue weighted by Gasteiger charge is -2.09. The van der Waals surface area contributed by atoms with Gasteiger partial charge in [-0.2, -0.15) is 5.10 Å². The molecule has 1 heterocycles. The minimum absolute atomic E-state index is 0.212. The summed E-state index contributed by atoms with van der Waals surface area (Å²) in [6.45, 7) is 0. The summed E-state index contributed by atoms with van der Waals surface area (Å²) in [6.07, 6.45) is 6.07. The van der Waals surface area contributed by atoms with Gasteiger partial charge in [0, 0.05) is 21.9 Å². The maximum Gasteiger partial charge on any atom is 0.265 e. The van der Waals surface area contributed by atoms with E-state index in [0.717, 1.165) is 35.7 Å². The highest BCUT2D eigenvalue weighted by atomic mass is 79.9. The van der Waals surface area contributed by atoms with Gasteiger partial charge in [0.2, 0.25) is 0 Å². The molecule has 4 rings (SSSR count). The van der Waals surface area contributed by atoms with Gasteiger partial charge < -0.3 is 0 Å². The minimum atomic E-state index is -3.76. The van der Waals surface area contributed by atoms with Gasteiger partial charge >= 0.3 is 0 Å². The Morgan fingerprint density at radius 3 is 2.33 bits per heavy atom. The van der Waals surface area contributed by atoms with Crippen molar-refractivity contribution in [1.29, 1.82) is 0 Å². The molecule has 7 heteroatoms. The summed E-state index contributed by atoms with van der Waals surface area (Å²) >= 11 is 3.36. The molecule has 0 radical (unpaired) electrons. The highest BCUT2D eigenvalue weighted by Gasteiger charge is 2.27. The van der Waals surface area contributed by atoms with Gasteiger partial charge in [0.1, 0.15) is 10.6 Å². The first-order chi connectivity index (χ1) is 13.0. The first-order valence-corrected chi connectivity index (χ1v) is 11.2. The van der Waals surface area contributed by atoms with Crippen LogP contribution in [0.25, 0.3) is 11.3 Å². The summed E-state index contributed by atoms with van der Waals surface area (Å²) in [6, 6.07) is 16.8. The molecular formula is C20H20BrN3O2S. The number of rotatable bonds is 5. The van der Waals surface area contributed by atoms with Crippen LogP contribution in [-0.4, -0.2) is 18.2 Å². The first kappa shape index (κ1) is 18.3. The van der Waals surface area contributed by atoms with E-state index in [0.29, 0.717) is 11.4 Å². The van der Waals surface area contributed by atoms with Crippen LogP contribution in [0.5, 0.6) is 0 Å². The second-order valence-corrected chi connectivity index (χ2v) is 9.31. The van der Waals surface area contributed by atoms with E-state index in [4.69, 9.17) is 0 Å². The molecule has 0 saturated heterocycles. The molecule has 0 amide bonds. The molecule has 1 N–H and O–H groups in total. The number of halogens is 1. The Labute approximate surface area is 167 Å². The predicted molar refractivity (Wildman–Crippen MR) is 110 cm³/mol. The van der Waals surface area contributed by atoms with Crippen molar-refractivity contribution < 1.29 is 8.42 Å². The van der Waals surface area contributed by atoms with Crippen molar-refractivity contribution in [3.05, 3.63) is 65.3 Å². The lowest BCUT2D eigenvalue weighted by molar-refractivity contribution is 0.467. The van der Waals surface area contributed by atoms with Crippen molar-refractivity contribution in [2.75, 3.05) is 4.72 Å². The Hall–Kier alpha value is -2.12. The normalized spacial score (nSPS) is 15.1. The predicted octanol–water partition coefficient (Wildman–Crippen LogP) is 5.23. The Morgan fingerprint density at radius 1 is 1.00 bits per heavy atom. The van der Waals surface area contributed by atoms with E-state index in [1.54, 1.807) is 30.5 Å². The number of hydrogen-bond donors (Lipinski definition) is 1. The summed E-state index contributed by atoms with van der Waals surface area (Å²) in [5, 5.41) is 4.67. The van der Waals surface area contributed by atoms with E-state index in [9.17, 15) is 8.42 Å². The highest BCUT2D eigenvalue weighted by Crippen LogP contribution is 2.34. The molecular weight excluding hydrogens is 426 g/mol. The second kappa shape index (κ2) is 7.48. The number of nitrogens with zero attached hydrogens (tertiary/aromatic N) is 2. The van der Waals surface area contributed by atoms with E-state index < -0.39 is 10.0 Å². The summed E-state index contributed by atoms with van der Waals surface area (Å²) in [7, 11) is -3.76. The molecule has 140 valence electrons. The maximum absolute atomic E-state index is 13.1. The number of sulfonamides is 1. The fraction of sp³-hybridized carbons (Fsp3) is 0.250. The monoisotopic (exact) mass is 445 g/mol. The van der Waals surface area contributed by atoms with E-state index >= 15 is 0 Å². The maximum atomic E-state index is 13.1. The van der Waals surface area contributed by atoms with Crippen LogP contribution in [0.3, 0.4) is 0 Å². The van der Waals surface area contributed by atoms with Gasteiger partial charge in [-0.05, 0) is 37.1 Å². The molecule has 0 bridgehead atoms. The Kier molecular flexibility index (Phi) is 5.06. The molecule has 1 aromatic heterocycles. The van der Waals surface area contributed by atoms with E-state index in [1.807, 2.05) is 35.0 Å². The van der Waals surface area contributed by atoms with Crippen LogP contribution in [-0.2, 0) is 10.0 Å². The molecule has 0 spiro atoms. The van der Waals surface area contributed by atoms with Gasteiger partial charge in [0.05, 0.1) is 6.04 Å². The van der Waals surface area contributed by atoms with Crippen LogP contribution in [0.15, 0.2) is 70.2 Å². The van der Waals surface area contributed by atoms with Crippen molar-refractivity contribution in [1.82, 2.24) is 9.78 Å². The molecule has 1 fully saturated rings. The fourth-order valence-electron chi connectivity index (χ4n) is 3.45. The van der Waals surface area contributed by atoms with Crippen LogP contribution in [0.4, 0.5) is 5.69 Å². The van der Waals surface area contributed by atoms with Crippen LogP contribution < -0.4 is 4.72 Å². The van der Waals surface area contributed by atoms with Crippen molar-refractivity contribution in [2.24, 2.45) is 0 Å². The number of benzene rings is 2. The molecule has 0 atom stereocenters. The Bertz CT molecular complexity index is 1020. The van der Waals surface area contributed by atoms with Crippen molar-refractivity contribution in [2.45, 2.75) is 36.6 Å². The SMILES string of the molecule is O=S(=O)(Nc1ccc(Br)cc1)c1cn(C2CCCC2)nc1-c1ccccc1. The average molecular weight is 446 g/mol. The van der Waals surface area contributed by atoms with Crippen molar-refractivity contribution in [3.63, 3.8) is 0 Å². The smallest absolute Gasteiger partial charge is 0.265 e. The minimum Gasteiger partial charge on any atom is -0.280 e. The third-order valence-corrected chi connectivity index (χ3v) is 6.74. The molecule has 5 nitrogen and oxygen atoms in total. The third-order valence-electron chi connectivity index (χ3n) is 4.83. The van der Waals surface area contributed by atoms with Gasteiger partial charge in [-0.25, -0.2) is 8.42 Å². The molecule has 1 saturated carbocycles. The summed E-state index contributed by atoms with van der Waals surface area (Å²) < 4.78 is 31.7. The first-order valence-electron chi connectivity index (χ1n) is 8.96. The fourth-order valence-corrected chi connectivity index (χ4v) is 4.93. The largest absolute Gasteiger partial charge is 0.280 e. The van der Waals surface area contributed by atoms with Gasteiger partial charge in [-0.15, -0.1) is 0 Å². The summed E-state index contributed by atoms with van der Waals surface area (Å²) in [5.74, 6) is 0. The Balaban J connectivity index is 1.76. The average Bonchev–Trinajstić information content (AvgIpc) is 3.34. The lowest BCUT2D eigenvalue weighted by atomic mass is 10.2. The number of anilines is 1. The highest BCUT2D eigenvalue weighted by molar-refractivity contribution is 9.10. The zero-order chi connectivity index (χ0) is 18.9. The number of hydrogen-bond acceptors (Lipinski definition) is 3. The molecule has 1 aliphatic carbocycles. The summed E-state index contributed by atoms with van der Waals surface area (Å²) in [4.78, 5) is 0.212. The van der Waals surface area contributed by atoms with E-state index in [-0.39, 0.29) is 10.9 Å². The molecule has 3 aromatic rings. The topological polar surface area (TPSA) is 64.0 Å². The second-order valence-electron chi connectivity index (χ2n) is 6.74. The number of nitrogens with one attached hydrogen (secondary N) is 1. The van der Waals surface area contributed by atoms with Gasteiger partial charge in [0.25, 0.3) is 10.0 Å². The van der Waals surface area contributed by atoms with Gasteiger partial charge in [-0.3, -0.25) is 9.40 Å². The van der Waals surface area contributed by atoms with Crippen LogP contribution >= 0.6 is 15.9 Å². The van der Waals surface area contributed by atoms with Gasteiger partial charge in [-0.1, -0.05) is 59.1 Å². The van der Waals surface area contributed by atoms with Crippen LogP contribution in [0, 0.1) is 0 Å². The molecule has 0 unspecified atom stereocenters. The van der Waals surface area contributed by atoms with Crippen molar-refractivity contribution in [3.8, 4) is 11.3 Å². The van der Waals surface area contributed by atoms with Crippen LogP contribution in [0.2, 0.25) is 0 Å².